The minimum atomic E-state index is -0.332. The van der Waals surface area contributed by atoms with Crippen LogP contribution >= 0.6 is 11.6 Å². The molecule has 22 heavy (non-hydrogen) atoms. The van der Waals surface area contributed by atoms with Gasteiger partial charge < -0.3 is 10.6 Å². The average molecular weight is 317 g/mol. The highest BCUT2D eigenvalue weighted by Crippen LogP contribution is 2.15. The lowest BCUT2D eigenvalue weighted by Gasteiger charge is -2.10. The lowest BCUT2D eigenvalue weighted by Crippen LogP contribution is -2.33. The van der Waals surface area contributed by atoms with Crippen molar-refractivity contribution in [1.29, 1.82) is 0 Å². The molecule has 0 saturated carbocycles. The molecular weight excluding hydrogens is 300 g/mol. The number of rotatable bonds is 5. The average Bonchev–Trinajstić information content (AvgIpc) is 2.53. The van der Waals surface area contributed by atoms with E-state index in [2.05, 4.69) is 10.6 Å². The molecule has 0 aromatic heterocycles. The zero-order chi connectivity index (χ0) is 15.9. The predicted octanol–water partition coefficient (Wildman–Crippen LogP) is 3.27. The molecule has 0 saturated heterocycles. The summed E-state index contributed by atoms with van der Waals surface area (Å²) in [5, 5.41) is 5.85. The lowest BCUT2D eigenvalue weighted by molar-refractivity contribution is -0.115. The van der Waals surface area contributed by atoms with Crippen molar-refractivity contribution < 1.29 is 9.59 Å². The molecule has 0 aliphatic heterocycles. The Morgan fingerprint density at radius 1 is 1.09 bits per heavy atom. The fraction of sp³-hybridized carbons (Fsp3) is 0.176. The molecule has 2 N–H and O–H groups in total. The van der Waals surface area contributed by atoms with Crippen LogP contribution in [-0.4, -0.2) is 18.4 Å². The number of halogens is 1. The molecule has 0 fully saturated rings. The second-order valence-electron chi connectivity index (χ2n) is 4.75. The van der Waals surface area contributed by atoms with E-state index < -0.39 is 0 Å². The van der Waals surface area contributed by atoms with Crippen LogP contribution < -0.4 is 10.6 Å². The molecule has 0 heterocycles. The van der Waals surface area contributed by atoms with Crippen molar-refractivity contribution in [2.24, 2.45) is 0 Å². The summed E-state index contributed by atoms with van der Waals surface area (Å²) in [6, 6.07) is 14.2. The molecule has 2 amide bonds. The Balaban J connectivity index is 1.91. The van der Waals surface area contributed by atoms with Gasteiger partial charge in [-0.2, -0.15) is 0 Å². The van der Waals surface area contributed by atoms with Crippen LogP contribution in [0.15, 0.2) is 48.5 Å². The summed E-state index contributed by atoms with van der Waals surface area (Å²) >= 11 is 5.83. The molecule has 114 valence electrons. The minimum Gasteiger partial charge on any atom is -0.343 e. The summed E-state index contributed by atoms with van der Waals surface area (Å²) in [4.78, 5) is 23.9. The Morgan fingerprint density at radius 3 is 2.59 bits per heavy atom. The first-order valence-electron chi connectivity index (χ1n) is 7.01. The van der Waals surface area contributed by atoms with Crippen LogP contribution in [0, 0.1) is 0 Å². The number of carbonyl (C=O) groups is 2. The Hall–Kier alpha value is -2.33. The van der Waals surface area contributed by atoms with Gasteiger partial charge in [0.25, 0.3) is 5.91 Å². The Labute approximate surface area is 134 Å². The van der Waals surface area contributed by atoms with Gasteiger partial charge in [-0.25, -0.2) is 0 Å². The van der Waals surface area contributed by atoms with Crippen LogP contribution in [0.25, 0.3) is 0 Å². The van der Waals surface area contributed by atoms with Crippen molar-refractivity contribution in [2.75, 3.05) is 11.9 Å². The maximum atomic E-state index is 11.9. The number of nitrogens with one attached hydrogen (secondary N) is 2. The zero-order valence-corrected chi connectivity index (χ0v) is 13.0. The van der Waals surface area contributed by atoms with Gasteiger partial charge in [-0.05, 0) is 36.2 Å². The number of amides is 2. The molecule has 0 spiro atoms. The van der Waals surface area contributed by atoms with E-state index in [0.29, 0.717) is 10.6 Å². The molecule has 0 atom stereocenters. The molecule has 0 aliphatic carbocycles. The van der Waals surface area contributed by atoms with Crippen LogP contribution in [-0.2, 0) is 11.2 Å². The quantitative estimate of drug-likeness (QED) is 0.889. The van der Waals surface area contributed by atoms with E-state index in [4.69, 9.17) is 11.6 Å². The summed E-state index contributed by atoms with van der Waals surface area (Å²) in [6.45, 7) is 1.93. The molecule has 4 nitrogen and oxygen atoms in total. The second-order valence-corrected chi connectivity index (χ2v) is 5.19. The van der Waals surface area contributed by atoms with Crippen molar-refractivity contribution in [3.05, 3.63) is 64.7 Å². The van der Waals surface area contributed by atoms with Gasteiger partial charge in [-0.1, -0.05) is 42.8 Å². The van der Waals surface area contributed by atoms with Crippen molar-refractivity contribution >= 4 is 29.1 Å². The van der Waals surface area contributed by atoms with Crippen LogP contribution in [0.3, 0.4) is 0 Å². The number of benzene rings is 2. The van der Waals surface area contributed by atoms with Gasteiger partial charge in [0.1, 0.15) is 0 Å². The molecular formula is C17H17ClN2O2. The van der Waals surface area contributed by atoms with Crippen molar-refractivity contribution in [3.8, 4) is 0 Å². The van der Waals surface area contributed by atoms with E-state index in [1.807, 2.05) is 31.2 Å². The Morgan fingerprint density at radius 2 is 1.86 bits per heavy atom. The molecule has 2 aromatic carbocycles. The third-order valence-corrected chi connectivity index (χ3v) is 3.40. The molecule has 0 unspecified atom stereocenters. The number of hydrogen-bond acceptors (Lipinski definition) is 2. The number of aryl methyl sites for hydroxylation is 1. The van der Waals surface area contributed by atoms with Crippen LogP contribution in [0.5, 0.6) is 0 Å². The standard InChI is InChI=1S/C17H17ClN2O2/c1-2-12-6-3-4-9-15(12)20-16(21)11-19-17(22)13-7-5-8-14(18)10-13/h3-10H,2,11H2,1H3,(H,19,22)(H,20,21). The molecule has 0 aliphatic rings. The molecule has 0 radical (unpaired) electrons. The SMILES string of the molecule is CCc1ccccc1NC(=O)CNC(=O)c1cccc(Cl)c1. The topological polar surface area (TPSA) is 58.2 Å². The van der Waals surface area contributed by atoms with Gasteiger partial charge in [-0.3, -0.25) is 9.59 Å². The number of para-hydroxylation sites is 1. The molecule has 0 bridgehead atoms. The van der Waals surface area contributed by atoms with E-state index in [-0.39, 0.29) is 18.4 Å². The lowest BCUT2D eigenvalue weighted by atomic mass is 10.1. The van der Waals surface area contributed by atoms with Crippen LogP contribution in [0.4, 0.5) is 5.69 Å². The maximum absolute atomic E-state index is 11.9. The maximum Gasteiger partial charge on any atom is 0.251 e. The molecule has 2 aromatic rings. The summed E-state index contributed by atoms with van der Waals surface area (Å²) < 4.78 is 0. The predicted molar refractivity (Wildman–Crippen MR) is 88.2 cm³/mol. The van der Waals surface area contributed by atoms with E-state index in [0.717, 1.165) is 17.7 Å². The highest BCUT2D eigenvalue weighted by atomic mass is 35.5. The van der Waals surface area contributed by atoms with Gasteiger partial charge in [0, 0.05) is 16.3 Å². The summed E-state index contributed by atoms with van der Waals surface area (Å²) in [5.74, 6) is -0.599. The summed E-state index contributed by atoms with van der Waals surface area (Å²) in [6.07, 6.45) is 0.825. The highest BCUT2D eigenvalue weighted by molar-refractivity contribution is 6.31. The first kappa shape index (κ1) is 16.0. The van der Waals surface area contributed by atoms with E-state index in [1.54, 1.807) is 24.3 Å². The van der Waals surface area contributed by atoms with Gasteiger partial charge in [0.15, 0.2) is 0 Å². The molecule has 5 heteroatoms. The van der Waals surface area contributed by atoms with Crippen LogP contribution in [0.1, 0.15) is 22.8 Å². The minimum absolute atomic E-state index is 0.0939. The third-order valence-electron chi connectivity index (χ3n) is 3.17. The van der Waals surface area contributed by atoms with E-state index >= 15 is 0 Å². The third kappa shape index (κ3) is 4.33. The molecule has 2 rings (SSSR count). The van der Waals surface area contributed by atoms with Crippen molar-refractivity contribution in [2.45, 2.75) is 13.3 Å². The Kier molecular flexibility index (Phi) is 5.55. The highest BCUT2D eigenvalue weighted by Gasteiger charge is 2.09. The monoisotopic (exact) mass is 316 g/mol. The fourth-order valence-corrected chi connectivity index (χ4v) is 2.23. The second kappa shape index (κ2) is 7.61. The summed E-state index contributed by atoms with van der Waals surface area (Å²) in [5.41, 5.74) is 2.25. The Bertz CT molecular complexity index is 686. The van der Waals surface area contributed by atoms with Crippen molar-refractivity contribution in [1.82, 2.24) is 5.32 Å². The van der Waals surface area contributed by atoms with Crippen molar-refractivity contribution in [3.63, 3.8) is 0 Å². The summed E-state index contributed by atoms with van der Waals surface area (Å²) in [7, 11) is 0. The van der Waals surface area contributed by atoms with Gasteiger partial charge >= 0.3 is 0 Å². The first-order chi connectivity index (χ1) is 10.6. The van der Waals surface area contributed by atoms with E-state index in [1.165, 1.54) is 0 Å². The normalized spacial score (nSPS) is 10.1. The number of hydrogen-bond donors (Lipinski definition) is 2. The number of anilines is 1. The van der Waals surface area contributed by atoms with Crippen LogP contribution in [0.2, 0.25) is 5.02 Å². The smallest absolute Gasteiger partial charge is 0.251 e. The van der Waals surface area contributed by atoms with Gasteiger partial charge in [-0.15, -0.1) is 0 Å². The van der Waals surface area contributed by atoms with Gasteiger partial charge in [0.2, 0.25) is 5.91 Å². The zero-order valence-electron chi connectivity index (χ0n) is 12.2. The first-order valence-corrected chi connectivity index (χ1v) is 7.39. The largest absolute Gasteiger partial charge is 0.343 e. The van der Waals surface area contributed by atoms with Gasteiger partial charge in [0.05, 0.1) is 6.54 Å². The van der Waals surface area contributed by atoms with E-state index in [9.17, 15) is 9.59 Å². The fourth-order valence-electron chi connectivity index (χ4n) is 2.04. The number of carbonyl (C=O) groups excluding carboxylic acids is 2.